The predicted molar refractivity (Wildman–Crippen MR) is 106 cm³/mol. The van der Waals surface area contributed by atoms with Crippen LogP contribution in [0.25, 0.3) is 10.2 Å². The van der Waals surface area contributed by atoms with Gasteiger partial charge in [0.05, 0.1) is 28.6 Å². The summed E-state index contributed by atoms with van der Waals surface area (Å²) >= 11 is 1.19. The van der Waals surface area contributed by atoms with Gasteiger partial charge in [-0.05, 0) is 25.2 Å². The smallest absolute Gasteiger partial charge is 0.306 e. The Morgan fingerprint density at radius 2 is 1.93 bits per heavy atom. The molecule has 1 aromatic carbocycles. The van der Waals surface area contributed by atoms with Gasteiger partial charge in [-0.2, -0.15) is 4.31 Å². The summed E-state index contributed by atoms with van der Waals surface area (Å²) in [6.45, 7) is 2.32. The first-order valence-electron chi connectivity index (χ1n) is 8.75. The molecule has 1 amide bonds. The van der Waals surface area contributed by atoms with Crippen LogP contribution in [0.3, 0.4) is 0 Å². The molecule has 28 heavy (non-hydrogen) atoms. The zero-order chi connectivity index (χ0) is 20.3. The minimum atomic E-state index is -3.56. The highest BCUT2D eigenvalue weighted by Gasteiger charge is 2.27. The number of sulfonamides is 1. The summed E-state index contributed by atoms with van der Waals surface area (Å²) in [6, 6.07) is 4.77. The van der Waals surface area contributed by atoms with E-state index in [1.807, 2.05) is 7.05 Å². The van der Waals surface area contributed by atoms with Crippen molar-refractivity contribution in [2.75, 3.05) is 45.7 Å². The number of nitrogens with zero attached hydrogens (tertiary/aromatic N) is 3. The summed E-state index contributed by atoms with van der Waals surface area (Å²) in [5.74, 6) is -0.812. The molecule has 0 spiro atoms. The molecular weight excluding hydrogens is 404 g/mol. The SMILES string of the molecule is COC(=O)CCC(=O)Nc1nc2ccc(S(=O)(=O)N3CCN(C)CC3)cc2s1. The Labute approximate surface area is 167 Å². The molecule has 3 rings (SSSR count). The molecular formula is C17H22N4O5S2. The molecule has 1 aliphatic heterocycles. The number of aromatic nitrogens is 1. The number of ether oxygens (including phenoxy) is 1. The molecule has 9 nitrogen and oxygen atoms in total. The number of hydrogen-bond acceptors (Lipinski definition) is 8. The lowest BCUT2D eigenvalue weighted by atomic mass is 10.3. The van der Waals surface area contributed by atoms with Crippen molar-refractivity contribution in [3.63, 3.8) is 0 Å². The number of likely N-dealkylation sites (N-methyl/N-ethyl adjacent to an activating group) is 1. The summed E-state index contributed by atoms with van der Waals surface area (Å²) in [6.07, 6.45) is -0.0215. The van der Waals surface area contributed by atoms with E-state index in [4.69, 9.17) is 0 Å². The van der Waals surface area contributed by atoms with Crippen molar-refractivity contribution in [2.45, 2.75) is 17.7 Å². The van der Waals surface area contributed by atoms with Gasteiger partial charge in [-0.25, -0.2) is 13.4 Å². The van der Waals surface area contributed by atoms with E-state index in [2.05, 4.69) is 19.9 Å². The number of carbonyl (C=O) groups excluding carboxylic acids is 2. The molecule has 11 heteroatoms. The molecule has 0 unspecified atom stereocenters. The molecule has 0 bridgehead atoms. The maximum atomic E-state index is 12.9. The molecule has 0 saturated carbocycles. The van der Waals surface area contributed by atoms with Crippen LogP contribution in [-0.4, -0.2) is 74.8 Å². The first-order valence-corrected chi connectivity index (χ1v) is 11.0. The average molecular weight is 427 g/mol. The van der Waals surface area contributed by atoms with Crippen LogP contribution in [0.5, 0.6) is 0 Å². The van der Waals surface area contributed by atoms with Crippen molar-refractivity contribution in [2.24, 2.45) is 0 Å². The highest BCUT2D eigenvalue weighted by molar-refractivity contribution is 7.89. The van der Waals surface area contributed by atoms with Gasteiger partial charge in [-0.3, -0.25) is 9.59 Å². The van der Waals surface area contributed by atoms with Gasteiger partial charge in [-0.1, -0.05) is 11.3 Å². The number of piperazine rings is 1. The largest absolute Gasteiger partial charge is 0.469 e. The number of rotatable bonds is 6. The van der Waals surface area contributed by atoms with Gasteiger partial charge in [0.1, 0.15) is 0 Å². The molecule has 2 heterocycles. The number of anilines is 1. The lowest BCUT2D eigenvalue weighted by molar-refractivity contribution is -0.141. The van der Waals surface area contributed by atoms with Gasteiger partial charge in [-0.15, -0.1) is 0 Å². The van der Waals surface area contributed by atoms with Crippen LogP contribution in [-0.2, 0) is 24.3 Å². The molecule has 0 radical (unpaired) electrons. The Balaban J connectivity index is 1.73. The molecule has 1 N–H and O–H groups in total. The topological polar surface area (TPSA) is 109 Å². The van der Waals surface area contributed by atoms with Crippen LogP contribution in [0.2, 0.25) is 0 Å². The number of methoxy groups -OCH3 is 1. The van der Waals surface area contributed by atoms with Crippen molar-refractivity contribution in [1.82, 2.24) is 14.2 Å². The number of hydrogen-bond donors (Lipinski definition) is 1. The molecule has 1 saturated heterocycles. The summed E-state index contributed by atoms with van der Waals surface area (Å²) in [5, 5.41) is 2.99. The first kappa shape index (κ1) is 20.6. The van der Waals surface area contributed by atoms with Crippen molar-refractivity contribution in [3.05, 3.63) is 18.2 Å². The molecule has 0 aliphatic carbocycles. The minimum Gasteiger partial charge on any atom is -0.469 e. The molecule has 0 atom stereocenters. The number of amides is 1. The van der Waals surface area contributed by atoms with Crippen LogP contribution in [0, 0.1) is 0 Å². The lowest BCUT2D eigenvalue weighted by Crippen LogP contribution is -2.46. The fourth-order valence-electron chi connectivity index (χ4n) is 2.80. The van der Waals surface area contributed by atoms with Gasteiger partial charge in [0.25, 0.3) is 0 Å². The van der Waals surface area contributed by atoms with Gasteiger partial charge in [0.2, 0.25) is 15.9 Å². The van der Waals surface area contributed by atoms with Crippen molar-refractivity contribution in [1.29, 1.82) is 0 Å². The summed E-state index contributed by atoms with van der Waals surface area (Å²) in [5.41, 5.74) is 0.602. The molecule has 1 aromatic heterocycles. The lowest BCUT2D eigenvalue weighted by Gasteiger charge is -2.31. The monoisotopic (exact) mass is 426 g/mol. The molecule has 1 fully saturated rings. The maximum Gasteiger partial charge on any atom is 0.306 e. The summed E-state index contributed by atoms with van der Waals surface area (Å²) in [7, 11) is -0.333. The minimum absolute atomic E-state index is 0.00830. The third-order valence-corrected chi connectivity index (χ3v) is 7.32. The first-order chi connectivity index (χ1) is 13.3. The Bertz CT molecular complexity index is 981. The van der Waals surface area contributed by atoms with E-state index in [1.165, 1.54) is 22.8 Å². The summed E-state index contributed by atoms with van der Waals surface area (Å²) < 4.78 is 32.4. The second-order valence-electron chi connectivity index (χ2n) is 6.48. The highest BCUT2D eigenvalue weighted by atomic mass is 32.2. The van der Waals surface area contributed by atoms with Gasteiger partial charge in [0, 0.05) is 32.6 Å². The van der Waals surface area contributed by atoms with E-state index >= 15 is 0 Å². The van der Waals surface area contributed by atoms with Crippen molar-refractivity contribution in [3.8, 4) is 0 Å². The maximum absolute atomic E-state index is 12.9. The zero-order valence-corrected chi connectivity index (χ0v) is 17.3. The van der Waals surface area contributed by atoms with Crippen LogP contribution >= 0.6 is 11.3 Å². The van der Waals surface area contributed by atoms with Crippen molar-refractivity contribution >= 4 is 48.6 Å². The van der Waals surface area contributed by atoms with E-state index < -0.39 is 16.0 Å². The Morgan fingerprint density at radius 3 is 2.61 bits per heavy atom. The van der Waals surface area contributed by atoms with E-state index in [1.54, 1.807) is 18.2 Å². The molecule has 1 aliphatic rings. The summed E-state index contributed by atoms with van der Waals surface area (Å²) in [4.78, 5) is 29.6. The van der Waals surface area contributed by atoms with Gasteiger partial charge >= 0.3 is 5.97 Å². The van der Waals surface area contributed by atoms with E-state index in [9.17, 15) is 18.0 Å². The van der Waals surface area contributed by atoms with E-state index in [-0.39, 0.29) is 23.6 Å². The second kappa shape index (κ2) is 8.52. The van der Waals surface area contributed by atoms with E-state index in [0.717, 1.165) is 0 Å². The average Bonchev–Trinajstić information content (AvgIpc) is 3.07. The standard InChI is InChI=1S/C17H22N4O5S2/c1-20-7-9-21(10-8-20)28(24,25)12-3-4-13-14(11-12)27-17(18-13)19-15(22)5-6-16(23)26-2/h3-4,11H,5-10H2,1-2H3,(H,18,19,22). The number of thiazole rings is 1. The van der Waals surface area contributed by atoms with Gasteiger partial charge < -0.3 is 15.0 Å². The normalized spacial score (nSPS) is 16.2. The van der Waals surface area contributed by atoms with Crippen LogP contribution < -0.4 is 5.32 Å². The number of fused-ring (bicyclic) bond motifs is 1. The molecule has 2 aromatic rings. The van der Waals surface area contributed by atoms with E-state index in [0.29, 0.717) is 41.5 Å². The Hall–Kier alpha value is -2.08. The van der Waals surface area contributed by atoms with Crippen LogP contribution in [0.4, 0.5) is 5.13 Å². The molecule has 152 valence electrons. The number of nitrogens with one attached hydrogen (secondary N) is 1. The highest BCUT2D eigenvalue weighted by Crippen LogP contribution is 2.29. The Morgan fingerprint density at radius 1 is 1.21 bits per heavy atom. The number of benzene rings is 1. The van der Waals surface area contributed by atoms with Crippen molar-refractivity contribution < 1.29 is 22.7 Å². The van der Waals surface area contributed by atoms with Gasteiger partial charge in [0.15, 0.2) is 5.13 Å². The van der Waals surface area contributed by atoms with Crippen LogP contribution in [0.15, 0.2) is 23.1 Å². The quantitative estimate of drug-likeness (QED) is 0.690. The number of carbonyl (C=O) groups is 2. The van der Waals surface area contributed by atoms with Crippen LogP contribution in [0.1, 0.15) is 12.8 Å². The fourth-order valence-corrected chi connectivity index (χ4v) is 5.24. The Kier molecular flexibility index (Phi) is 6.28. The second-order valence-corrected chi connectivity index (χ2v) is 9.45. The predicted octanol–water partition coefficient (Wildman–Crippen LogP) is 1.12. The zero-order valence-electron chi connectivity index (χ0n) is 15.7. The number of esters is 1. The fraction of sp³-hybridized carbons (Fsp3) is 0.471. The third kappa shape index (κ3) is 4.66. The third-order valence-electron chi connectivity index (χ3n) is 4.49.